The number of hydrogen-bond donors (Lipinski definition) is 1. The van der Waals surface area contributed by atoms with Crippen molar-refractivity contribution in [2.45, 2.75) is 12.5 Å². The molecule has 5 heteroatoms. The van der Waals surface area contributed by atoms with Gasteiger partial charge in [0.05, 0.1) is 0 Å². The van der Waals surface area contributed by atoms with Crippen LogP contribution in [0.5, 0.6) is 0 Å². The summed E-state index contributed by atoms with van der Waals surface area (Å²) in [6.45, 7) is 0. The summed E-state index contributed by atoms with van der Waals surface area (Å²) in [7, 11) is 0. The predicted octanol–water partition coefficient (Wildman–Crippen LogP) is 4.53. The van der Waals surface area contributed by atoms with Gasteiger partial charge in [0, 0.05) is 21.0 Å². The van der Waals surface area contributed by atoms with Gasteiger partial charge in [0.15, 0.2) is 0 Å². The monoisotopic (exact) mass is 318 g/mol. The lowest BCUT2D eigenvalue weighted by Crippen LogP contribution is -1.99. The molecule has 1 heterocycles. The summed E-state index contributed by atoms with van der Waals surface area (Å²) < 4.78 is 25.9. The van der Waals surface area contributed by atoms with Crippen molar-refractivity contribution in [3.63, 3.8) is 0 Å². The molecule has 17 heavy (non-hydrogen) atoms. The fourth-order valence-corrected chi connectivity index (χ4v) is 3.06. The van der Waals surface area contributed by atoms with E-state index in [4.69, 9.17) is 0 Å². The lowest BCUT2D eigenvalue weighted by molar-refractivity contribution is 0.150. The van der Waals surface area contributed by atoms with E-state index in [9.17, 15) is 13.9 Å². The quantitative estimate of drug-likeness (QED) is 0.881. The Morgan fingerprint density at radius 3 is 2.47 bits per heavy atom. The Balaban J connectivity index is 2.34. The van der Waals surface area contributed by atoms with E-state index in [2.05, 4.69) is 15.9 Å². The van der Waals surface area contributed by atoms with E-state index < -0.39 is 12.5 Å². The average Bonchev–Trinajstić information content (AvgIpc) is 2.74. The van der Waals surface area contributed by atoms with Crippen molar-refractivity contribution < 1.29 is 13.9 Å². The van der Waals surface area contributed by atoms with Crippen molar-refractivity contribution in [1.29, 1.82) is 0 Å². The Morgan fingerprint density at radius 2 is 1.88 bits per heavy atom. The summed E-state index contributed by atoms with van der Waals surface area (Å²) in [6.07, 6.45) is -3.40. The number of aliphatic hydroxyl groups excluding tert-OH is 1. The molecule has 1 aromatic carbocycles. The highest BCUT2D eigenvalue weighted by molar-refractivity contribution is 9.10. The summed E-state index contributed by atoms with van der Waals surface area (Å²) in [5.41, 5.74) is 1.09. The molecule has 0 spiro atoms. The van der Waals surface area contributed by atoms with Crippen molar-refractivity contribution >= 4 is 27.3 Å². The Hall–Kier alpha value is -0.780. The van der Waals surface area contributed by atoms with E-state index in [0.29, 0.717) is 11.1 Å². The van der Waals surface area contributed by atoms with Crippen molar-refractivity contribution in [2.75, 3.05) is 0 Å². The zero-order chi connectivity index (χ0) is 12.4. The van der Waals surface area contributed by atoms with E-state index >= 15 is 0 Å². The minimum absolute atomic E-state index is 0.0760. The van der Waals surface area contributed by atoms with Crippen LogP contribution in [0.3, 0.4) is 0 Å². The fraction of sp³-hybridized carbons (Fsp3) is 0.167. The van der Waals surface area contributed by atoms with E-state index in [1.165, 1.54) is 29.5 Å². The van der Waals surface area contributed by atoms with Crippen LogP contribution in [-0.2, 0) is 0 Å². The lowest BCUT2D eigenvalue weighted by atomic mass is 10.0. The Morgan fingerprint density at radius 1 is 1.18 bits per heavy atom. The maximum atomic E-state index is 12.5. The van der Waals surface area contributed by atoms with Gasteiger partial charge in [0.25, 0.3) is 6.43 Å². The summed E-state index contributed by atoms with van der Waals surface area (Å²) in [4.78, 5) is 0. The molecule has 1 aromatic heterocycles. The number of thiophene rings is 1. The molecule has 1 unspecified atom stereocenters. The minimum atomic E-state index is -2.52. The van der Waals surface area contributed by atoms with Crippen LogP contribution in [0.4, 0.5) is 8.78 Å². The van der Waals surface area contributed by atoms with Crippen molar-refractivity contribution in [3.05, 3.63) is 56.2 Å². The van der Waals surface area contributed by atoms with Crippen LogP contribution in [0.1, 0.15) is 29.2 Å². The molecule has 0 bridgehead atoms. The molecule has 0 saturated heterocycles. The molecule has 90 valence electrons. The molecular weight excluding hydrogens is 310 g/mol. The third kappa shape index (κ3) is 2.73. The highest BCUT2D eigenvalue weighted by atomic mass is 79.9. The van der Waals surface area contributed by atoms with Crippen molar-refractivity contribution in [3.8, 4) is 0 Å². The number of rotatable bonds is 3. The van der Waals surface area contributed by atoms with Gasteiger partial charge in [0.2, 0.25) is 0 Å². The van der Waals surface area contributed by atoms with Crippen molar-refractivity contribution in [1.82, 2.24) is 0 Å². The maximum absolute atomic E-state index is 12.5. The standard InChI is InChI=1S/C12H9BrF2OS/c13-10-6-17-5-9(10)11(16)7-2-1-3-8(4-7)12(14)15/h1-6,11-12,16H. The predicted molar refractivity (Wildman–Crippen MR) is 67.5 cm³/mol. The van der Waals surface area contributed by atoms with Crippen LogP contribution in [0.2, 0.25) is 0 Å². The van der Waals surface area contributed by atoms with Gasteiger partial charge < -0.3 is 5.11 Å². The molecular formula is C12H9BrF2OS. The summed E-state index contributed by atoms with van der Waals surface area (Å²) >= 11 is 4.76. The minimum Gasteiger partial charge on any atom is -0.384 e. The molecule has 1 N–H and O–H groups in total. The highest BCUT2D eigenvalue weighted by Gasteiger charge is 2.16. The number of aliphatic hydroxyl groups is 1. The number of hydrogen-bond acceptors (Lipinski definition) is 2. The number of benzene rings is 1. The fourth-order valence-electron chi connectivity index (χ4n) is 1.53. The van der Waals surface area contributed by atoms with E-state index in [-0.39, 0.29) is 5.56 Å². The van der Waals surface area contributed by atoms with Gasteiger partial charge in [-0.05, 0) is 32.9 Å². The lowest BCUT2D eigenvalue weighted by Gasteiger charge is -2.11. The first-order valence-electron chi connectivity index (χ1n) is 4.87. The Kier molecular flexibility index (Phi) is 3.91. The molecule has 1 atom stereocenters. The second-order valence-corrected chi connectivity index (χ2v) is 5.15. The van der Waals surface area contributed by atoms with Gasteiger partial charge in [0.1, 0.15) is 6.10 Å². The van der Waals surface area contributed by atoms with Crippen LogP contribution in [-0.4, -0.2) is 5.11 Å². The molecule has 0 amide bonds. The Bertz CT molecular complexity index is 513. The molecule has 1 nitrogen and oxygen atoms in total. The average molecular weight is 319 g/mol. The summed E-state index contributed by atoms with van der Waals surface area (Å²) in [5.74, 6) is 0. The van der Waals surface area contributed by atoms with Crippen LogP contribution >= 0.6 is 27.3 Å². The number of alkyl halides is 2. The summed E-state index contributed by atoms with van der Waals surface area (Å²) in [5, 5.41) is 13.7. The van der Waals surface area contributed by atoms with Gasteiger partial charge in [-0.1, -0.05) is 18.2 Å². The third-order valence-corrected chi connectivity index (χ3v) is 4.17. The van der Waals surface area contributed by atoms with Gasteiger partial charge >= 0.3 is 0 Å². The van der Waals surface area contributed by atoms with E-state index in [1.54, 1.807) is 11.4 Å². The SMILES string of the molecule is OC(c1cccc(C(F)F)c1)c1cscc1Br. The van der Waals surface area contributed by atoms with Crippen molar-refractivity contribution in [2.24, 2.45) is 0 Å². The van der Waals surface area contributed by atoms with Crippen LogP contribution in [0, 0.1) is 0 Å². The molecule has 0 aliphatic rings. The van der Waals surface area contributed by atoms with Gasteiger partial charge in [-0.15, -0.1) is 0 Å². The highest BCUT2D eigenvalue weighted by Crippen LogP contribution is 2.32. The maximum Gasteiger partial charge on any atom is 0.263 e. The molecule has 0 aliphatic carbocycles. The second kappa shape index (κ2) is 5.25. The zero-order valence-corrected chi connectivity index (χ0v) is 11.0. The molecule has 2 rings (SSSR count). The largest absolute Gasteiger partial charge is 0.384 e. The molecule has 0 saturated carbocycles. The third-order valence-electron chi connectivity index (χ3n) is 2.42. The molecule has 0 fully saturated rings. The molecule has 0 aliphatic heterocycles. The smallest absolute Gasteiger partial charge is 0.263 e. The van der Waals surface area contributed by atoms with Gasteiger partial charge in [-0.3, -0.25) is 0 Å². The second-order valence-electron chi connectivity index (χ2n) is 3.55. The summed E-state index contributed by atoms with van der Waals surface area (Å²) in [6, 6.07) is 5.85. The first-order valence-corrected chi connectivity index (χ1v) is 6.61. The van der Waals surface area contributed by atoms with Crippen LogP contribution in [0.25, 0.3) is 0 Å². The number of halogens is 3. The molecule has 2 aromatic rings. The van der Waals surface area contributed by atoms with Crippen LogP contribution in [0.15, 0.2) is 39.5 Å². The van der Waals surface area contributed by atoms with Gasteiger partial charge in [-0.2, -0.15) is 11.3 Å². The zero-order valence-electron chi connectivity index (χ0n) is 8.61. The van der Waals surface area contributed by atoms with Gasteiger partial charge in [-0.25, -0.2) is 8.78 Å². The molecule has 0 radical (unpaired) electrons. The van der Waals surface area contributed by atoms with E-state index in [1.807, 2.05) is 5.38 Å². The first-order chi connectivity index (χ1) is 8.09. The normalized spacial score (nSPS) is 13.0. The Labute approximate surface area is 110 Å². The van der Waals surface area contributed by atoms with Crippen LogP contribution < -0.4 is 0 Å². The van der Waals surface area contributed by atoms with E-state index in [0.717, 1.165) is 4.47 Å². The topological polar surface area (TPSA) is 20.2 Å². The first kappa shape index (κ1) is 12.7.